The second-order valence-electron chi connectivity index (χ2n) is 2.94. The summed E-state index contributed by atoms with van der Waals surface area (Å²) in [5.41, 5.74) is -0.293. The number of rotatable bonds is 2. The Balaban J connectivity index is 2.56. The van der Waals surface area contributed by atoms with E-state index in [0.29, 0.717) is 0 Å². The van der Waals surface area contributed by atoms with E-state index < -0.39 is 8.01 Å². The summed E-state index contributed by atoms with van der Waals surface area (Å²) in [7, 11) is -0.955. The molecule has 12 heavy (non-hydrogen) atoms. The molecule has 0 bridgehead atoms. The van der Waals surface area contributed by atoms with E-state index in [1.807, 2.05) is 6.92 Å². The third-order valence-corrected chi connectivity index (χ3v) is 3.50. The smallest absolute Gasteiger partial charge is 0.213 e. The van der Waals surface area contributed by atoms with Crippen LogP contribution >= 0.6 is 0 Å². The maximum atomic E-state index is 5.57. The summed E-state index contributed by atoms with van der Waals surface area (Å²) in [6, 6.07) is 0. The molecule has 0 radical (unpaired) electrons. The Kier molecular flexibility index (Phi) is 4.32. The van der Waals surface area contributed by atoms with Crippen molar-refractivity contribution in [1.29, 1.82) is 0 Å². The zero-order valence-corrected chi connectivity index (χ0v) is 9.75. The third kappa shape index (κ3) is 2.88. The predicted molar refractivity (Wildman–Crippen MR) is 57.6 cm³/mol. The second-order valence-corrected chi connectivity index (χ2v) is 6.99. The topological polar surface area (TPSA) is 18.5 Å². The van der Waals surface area contributed by atoms with Gasteiger partial charge in [0.2, 0.25) is 5.62 Å². The van der Waals surface area contributed by atoms with Gasteiger partial charge in [0.25, 0.3) is 0 Å². The lowest BCUT2D eigenvalue weighted by Gasteiger charge is -2.32. The molecule has 0 aromatic heterocycles. The van der Waals surface area contributed by atoms with Crippen LogP contribution < -0.4 is 0 Å². The van der Waals surface area contributed by atoms with Gasteiger partial charge in [-0.2, -0.15) is 0 Å². The van der Waals surface area contributed by atoms with Crippen LogP contribution in [0.3, 0.4) is 0 Å². The van der Waals surface area contributed by atoms with Crippen molar-refractivity contribution >= 4 is 30.4 Å². The van der Waals surface area contributed by atoms with Crippen LogP contribution in [0.25, 0.3) is 0 Å². The average Bonchev–Trinajstić information content (AvgIpc) is 2.03. The lowest BCUT2D eigenvalue weighted by atomic mass is 10.1. The van der Waals surface area contributed by atoms with Crippen LogP contribution in [0.4, 0.5) is 0 Å². The summed E-state index contributed by atoms with van der Waals surface area (Å²) in [5, 5.41) is 0. The summed E-state index contributed by atoms with van der Waals surface area (Å²) < 4.78 is 11.0. The van der Waals surface area contributed by atoms with Crippen molar-refractivity contribution in [3.05, 3.63) is 0 Å². The Morgan fingerprint density at radius 2 is 2.08 bits per heavy atom. The fourth-order valence-corrected chi connectivity index (χ4v) is 2.41. The van der Waals surface area contributed by atoms with E-state index in [4.69, 9.17) is 31.8 Å². The van der Waals surface area contributed by atoms with E-state index >= 15 is 0 Å². The molecular weight excluding hydrogens is 212 g/mol. The molecule has 0 spiro atoms. The molecular formula is C7H14O2S3. The van der Waals surface area contributed by atoms with Crippen LogP contribution in [0, 0.1) is 0 Å². The highest BCUT2D eigenvalue weighted by atomic mass is 33.1. The fraction of sp³-hybridized carbons (Fsp3) is 1.00. The molecule has 1 aliphatic rings. The van der Waals surface area contributed by atoms with Gasteiger partial charge in [0, 0.05) is 0 Å². The molecule has 5 heteroatoms. The molecule has 0 aromatic rings. The normalized spacial score (nSPS) is 37.1. The van der Waals surface area contributed by atoms with Gasteiger partial charge < -0.3 is 9.47 Å². The molecule has 0 N–H and O–H groups in total. The highest BCUT2D eigenvalue weighted by molar-refractivity contribution is 8.46. The van der Waals surface area contributed by atoms with Crippen molar-refractivity contribution in [2.45, 2.75) is 44.5 Å². The van der Waals surface area contributed by atoms with Gasteiger partial charge in [0.1, 0.15) is 0 Å². The maximum Gasteiger partial charge on any atom is 0.213 e. The molecule has 0 aliphatic carbocycles. The van der Waals surface area contributed by atoms with Crippen molar-refractivity contribution in [2.75, 3.05) is 0 Å². The van der Waals surface area contributed by atoms with E-state index in [2.05, 4.69) is 6.92 Å². The van der Waals surface area contributed by atoms with Gasteiger partial charge >= 0.3 is 0 Å². The van der Waals surface area contributed by atoms with Crippen molar-refractivity contribution in [1.82, 2.24) is 0 Å². The summed E-state index contributed by atoms with van der Waals surface area (Å²) >= 11 is 9.96. The molecule has 1 heterocycles. The molecule has 2 nitrogen and oxygen atoms in total. The van der Waals surface area contributed by atoms with Gasteiger partial charge in [-0.05, 0) is 50.2 Å². The average molecular weight is 226 g/mol. The van der Waals surface area contributed by atoms with Crippen LogP contribution in [0.2, 0.25) is 0 Å². The Hall–Kier alpha value is 0.710. The fourth-order valence-electron chi connectivity index (χ4n) is 1.24. The third-order valence-electron chi connectivity index (χ3n) is 1.88. The highest BCUT2D eigenvalue weighted by Gasteiger charge is 2.25. The summed E-state index contributed by atoms with van der Waals surface area (Å²) in [5.74, 6) is 0. The minimum absolute atomic E-state index is 0.240. The number of hydrogen-bond acceptors (Lipinski definition) is 4. The highest BCUT2D eigenvalue weighted by Crippen LogP contribution is 2.20. The predicted octanol–water partition coefficient (Wildman–Crippen LogP) is 1.15. The first-order valence-electron chi connectivity index (χ1n) is 4.08. The van der Waals surface area contributed by atoms with Gasteiger partial charge in [-0.15, -0.1) is 0 Å². The van der Waals surface area contributed by atoms with Crippen molar-refractivity contribution < 1.29 is 9.47 Å². The molecule has 3 atom stereocenters. The quantitative estimate of drug-likeness (QED) is 0.712. The minimum atomic E-state index is -0.955. The standard InChI is InChI=1S/C7H14O2S3/c1-3-6-4-5(2)8-7(9-6)12(10)11/h5-7,12H,3-4H2,1-2H3. The first kappa shape index (κ1) is 10.8. The van der Waals surface area contributed by atoms with Crippen molar-refractivity contribution in [3.63, 3.8) is 0 Å². The Morgan fingerprint density at radius 3 is 2.58 bits per heavy atom. The Labute approximate surface area is 84.5 Å². The zero-order chi connectivity index (χ0) is 9.14. The van der Waals surface area contributed by atoms with Gasteiger partial charge in [0.05, 0.1) is 12.2 Å². The molecule has 1 saturated heterocycles. The van der Waals surface area contributed by atoms with Gasteiger partial charge in [-0.3, -0.25) is 0 Å². The Morgan fingerprint density at radius 1 is 1.42 bits per heavy atom. The number of ether oxygens (including phenoxy) is 2. The molecule has 0 aromatic carbocycles. The molecule has 0 amide bonds. The van der Waals surface area contributed by atoms with Gasteiger partial charge in [0.15, 0.2) is 0 Å². The lowest BCUT2D eigenvalue weighted by Crippen LogP contribution is -2.36. The minimum Gasteiger partial charge on any atom is -0.340 e. The van der Waals surface area contributed by atoms with E-state index in [1.54, 1.807) is 0 Å². The summed E-state index contributed by atoms with van der Waals surface area (Å²) in [4.78, 5) is 0. The van der Waals surface area contributed by atoms with E-state index in [9.17, 15) is 0 Å². The first-order valence-corrected chi connectivity index (χ1v) is 7.51. The summed E-state index contributed by atoms with van der Waals surface area (Å²) in [6.45, 7) is 4.15. The molecule has 0 saturated carbocycles. The number of thiol groups is 1. The Bertz CT molecular complexity index is 207. The summed E-state index contributed by atoms with van der Waals surface area (Å²) in [6.07, 6.45) is 2.50. The van der Waals surface area contributed by atoms with Gasteiger partial charge in [-0.1, -0.05) is 6.92 Å². The molecule has 1 rings (SSSR count). The van der Waals surface area contributed by atoms with E-state index in [-0.39, 0.29) is 17.8 Å². The zero-order valence-electron chi connectivity index (χ0n) is 7.23. The molecule has 1 aliphatic heterocycles. The second kappa shape index (κ2) is 4.81. The van der Waals surface area contributed by atoms with Crippen LogP contribution in [-0.2, 0) is 39.9 Å². The van der Waals surface area contributed by atoms with E-state index in [1.165, 1.54) is 0 Å². The molecule has 72 valence electrons. The van der Waals surface area contributed by atoms with E-state index in [0.717, 1.165) is 12.8 Å². The lowest BCUT2D eigenvalue weighted by molar-refractivity contribution is -0.192. The molecule has 3 unspecified atom stereocenters. The SMILES string of the molecule is CCC1CC(C)OC([SH](=S)=S)O1. The maximum absolute atomic E-state index is 5.57. The van der Waals surface area contributed by atoms with Crippen LogP contribution in [0.5, 0.6) is 0 Å². The van der Waals surface area contributed by atoms with Crippen LogP contribution in [0.15, 0.2) is 0 Å². The van der Waals surface area contributed by atoms with Gasteiger partial charge in [-0.25, -0.2) is 0 Å². The largest absolute Gasteiger partial charge is 0.340 e. The molecule has 1 fully saturated rings. The van der Waals surface area contributed by atoms with Crippen molar-refractivity contribution in [3.8, 4) is 0 Å². The first-order chi connectivity index (χ1) is 5.63. The number of hydrogen-bond donors (Lipinski definition) is 1. The van der Waals surface area contributed by atoms with Crippen molar-refractivity contribution in [2.24, 2.45) is 0 Å². The monoisotopic (exact) mass is 226 g/mol. The van der Waals surface area contributed by atoms with Crippen LogP contribution in [-0.4, -0.2) is 17.8 Å². The van der Waals surface area contributed by atoms with Crippen LogP contribution in [0.1, 0.15) is 26.7 Å².